The highest BCUT2D eigenvalue weighted by molar-refractivity contribution is 8.00. The quantitative estimate of drug-likeness (QED) is 0.193. The Balaban J connectivity index is 2.99. The smallest absolute Gasteiger partial charge is 0.322 e. The van der Waals surface area contributed by atoms with Crippen molar-refractivity contribution in [1.29, 1.82) is 0 Å². The number of hydrazine groups is 1. The number of esters is 1. The molecule has 1 heterocycles. The number of thioether (sulfide) groups is 1. The van der Waals surface area contributed by atoms with Gasteiger partial charge in [0, 0.05) is 0 Å². The second kappa shape index (κ2) is 6.85. The molecule has 0 unspecified atom stereocenters. The fourth-order valence-electron chi connectivity index (χ4n) is 1.25. The zero-order valence-corrected chi connectivity index (χ0v) is 11.2. The van der Waals surface area contributed by atoms with Crippen molar-refractivity contribution in [1.82, 2.24) is 9.97 Å². The zero-order chi connectivity index (χ0) is 14.4. The number of nitrogens with two attached hydrogens (primary N) is 1. The summed E-state index contributed by atoms with van der Waals surface area (Å²) in [6.07, 6.45) is 0. The van der Waals surface area contributed by atoms with Gasteiger partial charge in [-0.05, 0) is 13.8 Å². The SMILES string of the molecule is CCOC(=O)CSc1nc(NN)nc(C)c1[N+](=O)[O-]. The first-order chi connectivity index (χ1) is 8.99. The molecule has 0 atom stereocenters. The molecular formula is C9H13N5O4S. The molecule has 3 N–H and O–H groups in total. The van der Waals surface area contributed by atoms with E-state index in [4.69, 9.17) is 10.6 Å². The highest BCUT2D eigenvalue weighted by Gasteiger charge is 2.23. The van der Waals surface area contributed by atoms with Gasteiger partial charge in [-0.15, -0.1) is 0 Å². The van der Waals surface area contributed by atoms with Gasteiger partial charge in [0.1, 0.15) is 5.69 Å². The predicted molar refractivity (Wildman–Crippen MR) is 68.6 cm³/mol. The third-order valence-corrected chi connectivity index (χ3v) is 2.91. The number of nitrogens with zero attached hydrogens (tertiary/aromatic N) is 3. The van der Waals surface area contributed by atoms with Crippen molar-refractivity contribution >= 4 is 29.4 Å². The number of nitrogen functional groups attached to an aromatic ring is 1. The summed E-state index contributed by atoms with van der Waals surface area (Å²) in [7, 11) is 0. The molecule has 0 bridgehead atoms. The van der Waals surface area contributed by atoms with Gasteiger partial charge in [0.05, 0.1) is 17.3 Å². The average molecular weight is 287 g/mol. The monoisotopic (exact) mass is 287 g/mol. The largest absolute Gasteiger partial charge is 0.465 e. The van der Waals surface area contributed by atoms with E-state index in [1.165, 1.54) is 6.92 Å². The van der Waals surface area contributed by atoms with Crippen molar-refractivity contribution in [3.63, 3.8) is 0 Å². The van der Waals surface area contributed by atoms with E-state index < -0.39 is 10.9 Å². The van der Waals surface area contributed by atoms with Crippen molar-refractivity contribution in [3.05, 3.63) is 15.8 Å². The molecule has 10 heteroatoms. The number of carbonyl (C=O) groups is 1. The van der Waals surface area contributed by atoms with Crippen molar-refractivity contribution < 1.29 is 14.5 Å². The molecule has 0 saturated heterocycles. The van der Waals surface area contributed by atoms with E-state index in [1.54, 1.807) is 6.92 Å². The van der Waals surface area contributed by atoms with Crippen LogP contribution in [0.5, 0.6) is 0 Å². The van der Waals surface area contributed by atoms with Crippen LogP contribution in [0.1, 0.15) is 12.6 Å². The van der Waals surface area contributed by atoms with Crippen LogP contribution < -0.4 is 11.3 Å². The Bertz CT molecular complexity index is 496. The first-order valence-corrected chi connectivity index (χ1v) is 6.26. The van der Waals surface area contributed by atoms with E-state index in [0.717, 1.165) is 11.8 Å². The maximum absolute atomic E-state index is 11.2. The number of carbonyl (C=O) groups excluding carboxylic acids is 1. The Kier molecular flexibility index (Phi) is 5.45. The lowest BCUT2D eigenvalue weighted by Crippen LogP contribution is -2.13. The van der Waals surface area contributed by atoms with Crippen LogP contribution in [0.4, 0.5) is 11.6 Å². The highest BCUT2D eigenvalue weighted by atomic mass is 32.2. The molecule has 1 aromatic rings. The van der Waals surface area contributed by atoms with Gasteiger partial charge in [0.25, 0.3) is 0 Å². The lowest BCUT2D eigenvalue weighted by Gasteiger charge is -2.06. The molecular weight excluding hydrogens is 274 g/mol. The van der Waals surface area contributed by atoms with E-state index >= 15 is 0 Å². The first kappa shape index (κ1) is 15.1. The summed E-state index contributed by atoms with van der Waals surface area (Å²) in [5, 5.41) is 11.0. The molecule has 0 aromatic carbocycles. The van der Waals surface area contributed by atoms with Gasteiger partial charge in [-0.25, -0.2) is 10.8 Å². The van der Waals surface area contributed by atoms with Gasteiger partial charge in [-0.3, -0.25) is 20.3 Å². The van der Waals surface area contributed by atoms with E-state index in [1.807, 2.05) is 0 Å². The van der Waals surface area contributed by atoms with E-state index in [2.05, 4.69) is 15.4 Å². The molecule has 0 aliphatic carbocycles. The highest BCUT2D eigenvalue weighted by Crippen LogP contribution is 2.30. The molecule has 0 spiro atoms. The fraction of sp³-hybridized carbons (Fsp3) is 0.444. The topological polar surface area (TPSA) is 133 Å². The summed E-state index contributed by atoms with van der Waals surface area (Å²) in [5.74, 6) is 4.68. The summed E-state index contributed by atoms with van der Waals surface area (Å²) in [5.41, 5.74) is 2.14. The minimum atomic E-state index is -0.594. The average Bonchev–Trinajstić information content (AvgIpc) is 2.35. The summed E-state index contributed by atoms with van der Waals surface area (Å²) < 4.78 is 4.74. The molecule has 0 fully saturated rings. The normalized spacial score (nSPS) is 10.1. The number of anilines is 1. The van der Waals surface area contributed by atoms with Crippen LogP contribution in [0.25, 0.3) is 0 Å². The van der Waals surface area contributed by atoms with Crippen LogP contribution in [0.2, 0.25) is 0 Å². The standard InChI is InChI=1S/C9H13N5O4S/c1-3-18-6(15)4-19-8-7(14(16)17)5(2)11-9(12-8)13-10/h3-4,10H2,1-2H3,(H,11,12,13). The molecule has 0 saturated carbocycles. The minimum absolute atomic E-state index is 0.0504. The number of aromatic nitrogens is 2. The van der Waals surface area contributed by atoms with E-state index in [9.17, 15) is 14.9 Å². The third kappa shape index (κ3) is 4.03. The van der Waals surface area contributed by atoms with Gasteiger partial charge in [-0.1, -0.05) is 11.8 Å². The summed E-state index contributed by atoms with van der Waals surface area (Å²) in [6.45, 7) is 3.39. The Morgan fingerprint density at radius 3 is 2.79 bits per heavy atom. The second-order valence-electron chi connectivity index (χ2n) is 3.28. The van der Waals surface area contributed by atoms with Crippen LogP contribution in [0.3, 0.4) is 0 Å². The molecule has 19 heavy (non-hydrogen) atoms. The number of hydrogen-bond acceptors (Lipinski definition) is 9. The van der Waals surface area contributed by atoms with Gasteiger partial charge in [-0.2, -0.15) is 4.98 Å². The molecule has 0 aliphatic heterocycles. The third-order valence-electron chi connectivity index (χ3n) is 1.97. The minimum Gasteiger partial charge on any atom is -0.465 e. The molecule has 0 amide bonds. The first-order valence-electron chi connectivity index (χ1n) is 5.27. The van der Waals surface area contributed by atoms with E-state index in [-0.39, 0.29) is 34.7 Å². The summed E-state index contributed by atoms with van der Waals surface area (Å²) in [6, 6.07) is 0. The van der Waals surface area contributed by atoms with Gasteiger partial charge in [0.2, 0.25) is 5.95 Å². The second-order valence-corrected chi connectivity index (χ2v) is 4.25. The Morgan fingerprint density at radius 1 is 1.58 bits per heavy atom. The van der Waals surface area contributed by atoms with Crippen LogP contribution in [0, 0.1) is 17.0 Å². The number of ether oxygens (including phenoxy) is 1. The Hall–Kier alpha value is -1.94. The Morgan fingerprint density at radius 2 is 2.26 bits per heavy atom. The Labute approximate surface area is 113 Å². The molecule has 1 aromatic heterocycles. The maximum atomic E-state index is 11.2. The van der Waals surface area contributed by atoms with Gasteiger partial charge in [0.15, 0.2) is 5.03 Å². The summed E-state index contributed by atoms with van der Waals surface area (Å²) >= 11 is 0.904. The van der Waals surface area contributed by atoms with E-state index in [0.29, 0.717) is 0 Å². The summed E-state index contributed by atoms with van der Waals surface area (Å²) in [4.78, 5) is 29.3. The zero-order valence-electron chi connectivity index (χ0n) is 10.4. The number of nitrogens with one attached hydrogen (secondary N) is 1. The van der Waals surface area contributed by atoms with Crippen molar-refractivity contribution in [2.75, 3.05) is 17.8 Å². The lowest BCUT2D eigenvalue weighted by molar-refractivity contribution is -0.389. The molecule has 0 radical (unpaired) electrons. The lowest BCUT2D eigenvalue weighted by atomic mass is 10.4. The van der Waals surface area contributed by atoms with Gasteiger partial charge < -0.3 is 4.74 Å². The van der Waals surface area contributed by atoms with Crippen LogP contribution >= 0.6 is 11.8 Å². The van der Waals surface area contributed by atoms with Gasteiger partial charge >= 0.3 is 11.7 Å². The van der Waals surface area contributed by atoms with Crippen LogP contribution in [-0.2, 0) is 9.53 Å². The molecule has 0 aliphatic rings. The van der Waals surface area contributed by atoms with Crippen LogP contribution in [0.15, 0.2) is 5.03 Å². The fourth-order valence-corrected chi connectivity index (χ4v) is 2.09. The van der Waals surface area contributed by atoms with Crippen molar-refractivity contribution in [2.45, 2.75) is 18.9 Å². The maximum Gasteiger partial charge on any atom is 0.322 e. The van der Waals surface area contributed by atoms with Crippen molar-refractivity contribution in [2.24, 2.45) is 5.84 Å². The van der Waals surface area contributed by atoms with Crippen LogP contribution in [-0.4, -0.2) is 33.2 Å². The number of hydrogen-bond donors (Lipinski definition) is 2. The molecule has 1 rings (SSSR count). The van der Waals surface area contributed by atoms with Crippen molar-refractivity contribution in [3.8, 4) is 0 Å². The number of rotatable bonds is 6. The molecule has 9 nitrogen and oxygen atoms in total. The predicted octanol–water partition coefficient (Wildman–Crippen LogP) is 0.634. The number of aryl methyl sites for hydroxylation is 1. The molecule has 104 valence electrons. The number of nitro groups is 1.